The largest absolute Gasteiger partial charge is 0.372 e. The Hall–Kier alpha value is -1.27. The van der Waals surface area contributed by atoms with Crippen LogP contribution in [0.3, 0.4) is 0 Å². The van der Waals surface area contributed by atoms with Gasteiger partial charge in [0.2, 0.25) is 5.34 Å². The fraction of sp³-hybridized carbons (Fsp3) is 0.600. The summed E-state index contributed by atoms with van der Waals surface area (Å²) in [5, 5.41) is 20.1. The molecule has 0 amide bonds. The van der Waals surface area contributed by atoms with Crippen molar-refractivity contribution in [1.29, 1.82) is 0 Å². The first-order chi connectivity index (χ1) is 10.5. The number of aliphatic hydroxyl groups is 1. The molecule has 0 saturated carbocycles. The molecule has 0 radical (unpaired) electrons. The number of hydrogen-bond acceptors (Lipinski definition) is 6. The molecule has 0 fully saturated rings. The third kappa shape index (κ3) is 4.61. The van der Waals surface area contributed by atoms with Crippen molar-refractivity contribution in [2.75, 3.05) is 0 Å². The SMILES string of the molecule is CC(C)OP(=O)(OC(C)C)[C@](C)(O)[C@H](c1ccccc1)[N+](=O)[O-]. The molecule has 0 aliphatic rings. The molecule has 0 aromatic heterocycles. The van der Waals surface area contributed by atoms with Gasteiger partial charge >= 0.3 is 7.60 Å². The van der Waals surface area contributed by atoms with E-state index in [9.17, 15) is 19.8 Å². The van der Waals surface area contributed by atoms with Crippen LogP contribution in [0.25, 0.3) is 0 Å². The number of nitro groups is 1. The molecule has 23 heavy (non-hydrogen) atoms. The molecule has 0 aliphatic heterocycles. The van der Waals surface area contributed by atoms with E-state index in [2.05, 4.69) is 0 Å². The van der Waals surface area contributed by atoms with Crippen LogP contribution >= 0.6 is 7.60 Å². The molecule has 1 aromatic carbocycles. The molecule has 7 nitrogen and oxygen atoms in total. The van der Waals surface area contributed by atoms with Gasteiger partial charge in [0.25, 0.3) is 6.04 Å². The fourth-order valence-electron chi connectivity index (χ4n) is 2.22. The molecule has 0 bridgehead atoms. The Balaban J connectivity index is 3.40. The zero-order valence-corrected chi connectivity index (χ0v) is 14.9. The van der Waals surface area contributed by atoms with Crippen LogP contribution in [0.4, 0.5) is 0 Å². The molecule has 1 N–H and O–H groups in total. The Morgan fingerprint density at radius 2 is 1.57 bits per heavy atom. The molecule has 0 unspecified atom stereocenters. The van der Waals surface area contributed by atoms with Gasteiger partial charge in [-0.15, -0.1) is 0 Å². The van der Waals surface area contributed by atoms with Gasteiger partial charge < -0.3 is 14.2 Å². The van der Waals surface area contributed by atoms with Crippen molar-refractivity contribution in [3.63, 3.8) is 0 Å². The standard InChI is InChI=1S/C15H24NO6P/c1-11(2)21-23(20,22-12(3)4)15(5,17)14(16(18)19)13-9-7-6-8-10-13/h6-12,14,17H,1-5H3/t14-,15-/m0/s1. The van der Waals surface area contributed by atoms with Crippen molar-refractivity contribution >= 4 is 7.60 Å². The lowest BCUT2D eigenvalue weighted by atomic mass is 10.0. The normalized spacial score (nSPS) is 16.3. The second-order valence-electron chi connectivity index (χ2n) is 6.00. The van der Waals surface area contributed by atoms with Gasteiger partial charge in [-0.1, -0.05) is 30.3 Å². The van der Waals surface area contributed by atoms with Crippen LogP contribution in [-0.2, 0) is 13.6 Å². The van der Waals surface area contributed by atoms with Crippen molar-refractivity contribution < 1.29 is 23.6 Å². The minimum atomic E-state index is -4.20. The quantitative estimate of drug-likeness (QED) is 0.437. The molecule has 1 aromatic rings. The number of nitrogens with zero attached hydrogens (tertiary/aromatic N) is 1. The maximum atomic E-state index is 13.2. The number of hydrogen-bond donors (Lipinski definition) is 1. The first-order valence-corrected chi connectivity index (χ1v) is 8.93. The molecule has 0 spiro atoms. The topological polar surface area (TPSA) is 98.9 Å². The van der Waals surface area contributed by atoms with Crippen LogP contribution in [0.1, 0.15) is 46.2 Å². The highest BCUT2D eigenvalue weighted by atomic mass is 31.2. The monoisotopic (exact) mass is 345 g/mol. The number of rotatable bonds is 8. The first kappa shape index (κ1) is 19.8. The summed E-state index contributed by atoms with van der Waals surface area (Å²) in [5.74, 6) is 0. The lowest BCUT2D eigenvalue weighted by molar-refractivity contribution is -0.545. The summed E-state index contributed by atoms with van der Waals surface area (Å²) < 4.78 is 23.9. The van der Waals surface area contributed by atoms with Crippen molar-refractivity contribution in [3.05, 3.63) is 46.0 Å². The van der Waals surface area contributed by atoms with Crippen LogP contribution in [0, 0.1) is 10.1 Å². The first-order valence-electron chi connectivity index (χ1n) is 7.39. The predicted molar refractivity (Wildman–Crippen MR) is 86.8 cm³/mol. The summed E-state index contributed by atoms with van der Waals surface area (Å²) in [4.78, 5) is 10.9. The minimum absolute atomic E-state index is 0.224. The summed E-state index contributed by atoms with van der Waals surface area (Å²) in [6.07, 6.45) is -1.07. The van der Waals surface area contributed by atoms with Gasteiger partial charge in [0.05, 0.1) is 12.2 Å². The Labute approximate surface area is 136 Å². The maximum absolute atomic E-state index is 13.2. The van der Waals surface area contributed by atoms with E-state index in [0.717, 1.165) is 6.92 Å². The lowest BCUT2D eigenvalue weighted by Gasteiger charge is -2.35. The summed E-state index contributed by atoms with van der Waals surface area (Å²) in [6.45, 7) is 7.61. The molecular weight excluding hydrogens is 321 g/mol. The van der Waals surface area contributed by atoms with Gasteiger partial charge in [-0.2, -0.15) is 0 Å². The third-order valence-electron chi connectivity index (χ3n) is 3.10. The van der Waals surface area contributed by atoms with E-state index >= 15 is 0 Å². The highest BCUT2D eigenvalue weighted by molar-refractivity contribution is 7.55. The van der Waals surface area contributed by atoms with E-state index in [1.165, 1.54) is 12.1 Å². The van der Waals surface area contributed by atoms with Gasteiger partial charge in [-0.25, -0.2) is 0 Å². The average molecular weight is 345 g/mol. The van der Waals surface area contributed by atoms with E-state index < -0.39 is 36.1 Å². The second kappa shape index (κ2) is 7.53. The van der Waals surface area contributed by atoms with E-state index in [4.69, 9.17) is 9.05 Å². The van der Waals surface area contributed by atoms with Crippen molar-refractivity contribution in [1.82, 2.24) is 0 Å². The van der Waals surface area contributed by atoms with E-state index in [-0.39, 0.29) is 5.56 Å². The second-order valence-corrected chi connectivity index (χ2v) is 8.32. The van der Waals surface area contributed by atoms with Crippen molar-refractivity contribution in [3.8, 4) is 0 Å². The lowest BCUT2D eigenvalue weighted by Crippen LogP contribution is -2.39. The van der Waals surface area contributed by atoms with Crippen LogP contribution < -0.4 is 0 Å². The van der Waals surface area contributed by atoms with Gasteiger partial charge in [0.15, 0.2) is 0 Å². The average Bonchev–Trinajstić information content (AvgIpc) is 2.36. The third-order valence-corrected chi connectivity index (χ3v) is 5.85. The summed E-state index contributed by atoms with van der Waals surface area (Å²) >= 11 is 0. The van der Waals surface area contributed by atoms with Gasteiger partial charge in [0.1, 0.15) is 0 Å². The van der Waals surface area contributed by atoms with E-state index in [0.29, 0.717) is 0 Å². The van der Waals surface area contributed by atoms with Crippen molar-refractivity contribution in [2.24, 2.45) is 0 Å². The molecule has 0 saturated heterocycles. The highest BCUT2D eigenvalue weighted by Crippen LogP contribution is 2.64. The minimum Gasteiger partial charge on any atom is -0.372 e. The van der Waals surface area contributed by atoms with Crippen molar-refractivity contribution in [2.45, 2.75) is 58.2 Å². The Morgan fingerprint density at radius 3 is 1.91 bits per heavy atom. The zero-order valence-electron chi connectivity index (χ0n) is 14.0. The van der Waals surface area contributed by atoms with Crippen LogP contribution in [0.15, 0.2) is 30.3 Å². The van der Waals surface area contributed by atoms with E-state index in [1.54, 1.807) is 45.9 Å². The predicted octanol–water partition coefficient (Wildman–Crippen LogP) is 3.76. The van der Waals surface area contributed by atoms with Crippen LogP contribution in [0.5, 0.6) is 0 Å². The molecule has 0 heterocycles. The van der Waals surface area contributed by atoms with Crippen LogP contribution in [0.2, 0.25) is 0 Å². The van der Waals surface area contributed by atoms with Gasteiger partial charge in [-0.05, 0) is 34.6 Å². The smallest absolute Gasteiger partial charge is 0.369 e. The summed E-state index contributed by atoms with van der Waals surface area (Å²) in [5.41, 5.74) is 0.224. The molecule has 130 valence electrons. The molecule has 1 rings (SSSR count). The summed E-state index contributed by atoms with van der Waals surface area (Å²) in [6, 6.07) is 6.27. The fourth-order valence-corrected chi connectivity index (χ4v) is 4.35. The van der Waals surface area contributed by atoms with Gasteiger partial charge in [-0.3, -0.25) is 14.7 Å². The number of benzene rings is 1. The Bertz CT molecular complexity index is 559. The molecule has 2 atom stereocenters. The molecule has 0 aliphatic carbocycles. The van der Waals surface area contributed by atoms with Gasteiger partial charge in [0, 0.05) is 10.5 Å². The Kier molecular flexibility index (Phi) is 6.48. The molecular formula is C15H24NO6P. The Morgan fingerprint density at radius 1 is 1.13 bits per heavy atom. The zero-order chi connectivity index (χ0) is 17.8. The van der Waals surface area contributed by atoms with E-state index in [1.807, 2.05) is 0 Å². The maximum Gasteiger partial charge on any atom is 0.369 e. The molecule has 8 heteroatoms. The highest BCUT2D eigenvalue weighted by Gasteiger charge is 2.59. The van der Waals surface area contributed by atoms with Crippen LogP contribution in [-0.4, -0.2) is 27.6 Å². The summed E-state index contributed by atoms with van der Waals surface area (Å²) in [7, 11) is -4.20.